The predicted molar refractivity (Wildman–Crippen MR) is 120 cm³/mol. The van der Waals surface area contributed by atoms with Gasteiger partial charge in [-0.15, -0.1) is 0 Å². The number of piperidine rings is 1. The summed E-state index contributed by atoms with van der Waals surface area (Å²) in [5, 5.41) is 7.23. The Labute approximate surface area is 181 Å². The van der Waals surface area contributed by atoms with Gasteiger partial charge in [0.2, 0.25) is 0 Å². The van der Waals surface area contributed by atoms with Crippen molar-refractivity contribution in [3.8, 4) is 11.8 Å². The van der Waals surface area contributed by atoms with Gasteiger partial charge in [0.05, 0.1) is 10.9 Å². The second kappa shape index (κ2) is 8.40. The molecule has 158 valence electrons. The van der Waals surface area contributed by atoms with Gasteiger partial charge < -0.3 is 20.9 Å². The van der Waals surface area contributed by atoms with E-state index >= 15 is 0 Å². The van der Waals surface area contributed by atoms with E-state index in [-0.39, 0.29) is 5.91 Å². The molecule has 2 fully saturated rings. The first-order valence-electron chi connectivity index (χ1n) is 10.9. The molecule has 0 atom stereocenters. The number of benzene rings is 1. The average molecular weight is 415 g/mol. The molecule has 3 heterocycles. The first kappa shape index (κ1) is 19.6. The monoisotopic (exact) mass is 414 g/mol. The van der Waals surface area contributed by atoms with Crippen LogP contribution in [0.4, 0.5) is 5.82 Å². The second-order valence-electron chi connectivity index (χ2n) is 8.42. The van der Waals surface area contributed by atoms with Crippen LogP contribution >= 0.6 is 0 Å². The largest absolute Gasteiger partial charge is 0.383 e. The molecule has 1 amide bonds. The quantitative estimate of drug-likeness (QED) is 0.569. The van der Waals surface area contributed by atoms with E-state index in [0.717, 1.165) is 67.5 Å². The highest BCUT2D eigenvalue weighted by Gasteiger charge is 2.23. The highest BCUT2D eigenvalue weighted by atomic mass is 16.1. The minimum Gasteiger partial charge on any atom is -0.383 e. The van der Waals surface area contributed by atoms with Gasteiger partial charge in [-0.3, -0.25) is 4.79 Å². The Hall–Kier alpha value is -3.37. The number of rotatable bonds is 4. The van der Waals surface area contributed by atoms with Gasteiger partial charge >= 0.3 is 0 Å². The Bertz CT molecular complexity index is 1180. The highest BCUT2D eigenvalue weighted by Crippen LogP contribution is 2.26. The van der Waals surface area contributed by atoms with Crippen molar-refractivity contribution in [2.75, 3.05) is 18.8 Å². The number of hydrogen-bond acceptors (Lipinski definition) is 5. The molecule has 31 heavy (non-hydrogen) atoms. The third kappa shape index (κ3) is 4.39. The number of amides is 1. The summed E-state index contributed by atoms with van der Waals surface area (Å²) in [7, 11) is 0. The molecule has 2 aliphatic rings. The molecule has 1 saturated heterocycles. The summed E-state index contributed by atoms with van der Waals surface area (Å²) in [4.78, 5) is 21.0. The molecule has 1 aromatic carbocycles. The highest BCUT2D eigenvalue weighted by molar-refractivity contribution is 5.95. The zero-order valence-corrected chi connectivity index (χ0v) is 17.4. The number of carbonyl (C=O) groups excluding carboxylic acids is 1. The summed E-state index contributed by atoms with van der Waals surface area (Å²) in [6.07, 6.45) is 7.98. The maximum Gasteiger partial charge on any atom is 0.251 e. The van der Waals surface area contributed by atoms with Crippen molar-refractivity contribution < 1.29 is 4.79 Å². The fourth-order valence-corrected chi connectivity index (χ4v) is 4.10. The van der Waals surface area contributed by atoms with Gasteiger partial charge in [-0.2, -0.15) is 0 Å². The zero-order chi connectivity index (χ0) is 21.2. The Kier molecular flexibility index (Phi) is 5.31. The average Bonchev–Trinajstić information content (AvgIpc) is 3.54. The van der Waals surface area contributed by atoms with Gasteiger partial charge in [0, 0.05) is 29.9 Å². The van der Waals surface area contributed by atoms with Crippen LogP contribution in [0.5, 0.6) is 0 Å². The minimum atomic E-state index is -0.0395. The topological polar surface area (TPSA) is 97.9 Å². The molecule has 7 heteroatoms. The number of nitrogens with one attached hydrogen (secondary N) is 2. The van der Waals surface area contributed by atoms with Crippen molar-refractivity contribution in [2.45, 2.75) is 38.3 Å². The molecule has 0 radical (unpaired) electrons. The van der Waals surface area contributed by atoms with Crippen molar-refractivity contribution in [2.24, 2.45) is 5.92 Å². The summed E-state index contributed by atoms with van der Waals surface area (Å²) in [6.45, 7) is 3.00. The SMILES string of the molecule is Nc1ncnc2c1c(C#Cc1cccc(C(=O)NC3CC3)c1)cn2CC1CCNCC1. The van der Waals surface area contributed by atoms with E-state index in [1.54, 1.807) is 0 Å². The normalized spacial score (nSPS) is 16.6. The van der Waals surface area contributed by atoms with Crippen molar-refractivity contribution in [1.29, 1.82) is 0 Å². The molecule has 1 aliphatic carbocycles. The second-order valence-corrected chi connectivity index (χ2v) is 8.42. The van der Waals surface area contributed by atoms with Crippen LogP contribution in [0.1, 0.15) is 47.2 Å². The van der Waals surface area contributed by atoms with Gasteiger partial charge in [0.15, 0.2) is 0 Å². The maximum atomic E-state index is 12.3. The summed E-state index contributed by atoms with van der Waals surface area (Å²) >= 11 is 0. The third-order valence-corrected chi connectivity index (χ3v) is 5.98. The standard InChI is InChI=1S/C24H26N6O/c25-22-21-19(5-4-16-2-1-3-18(12-16)24(31)29-20-6-7-20)14-30(23(21)28-15-27-22)13-17-8-10-26-11-9-17/h1-3,12,14-15,17,20,26H,6-11,13H2,(H,29,31)(H2,25,27,28). The van der Waals surface area contributed by atoms with Gasteiger partial charge in [0.1, 0.15) is 17.8 Å². The number of nitrogens with two attached hydrogens (primary N) is 1. The number of nitrogens with zero attached hydrogens (tertiary/aromatic N) is 3. The van der Waals surface area contributed by atoms with Crippen LogP contribution in [0.25, 0.3) is 11.0 Å². The lowest BCUT2D eigenvalue weighted by Gasteiger charge is -2.23. The van der Waals surface area contributed by atoms with E-state index in [1.165, 1.54) is 6.33 Å². The lowest BCUT2D eigenvalue weighted by atomic mass is 9.98. The molecule has 1 aliphatic heterocycles. The summed E-state index contributed by atoms with van der Waals surface area (Å²) in [5.41, 5.74) is 9.26. The van der Waals surface area contributed by atoms with Gasteiger partial charge in [-0.05, 0) is 62.9 Å². The lowest BCUT2D eigenvalue weighted by Crippen LogP contribution is -2.29. The molecule has 7 nitrogen and oxygen atoms in total. The van der Waals surface area contributed by atoms with E-state index in [4.69, 9.17) is 5.73 Å². The van der Waals surface area contributed by atoms with Crippen LogP contribution in [0.3, 0.4) is 0 Å². The van der Waals surface area contributed by atoms with Gasteiger partial charge in [0.25, 0.3) is 5.91 Å². The van der Waals surface area contributed by atoms with Crippen molar-refractivity contribution in [3.63, 3.8) is 0 Å². The maximum absolute atomic E-state index is 12.3. The Balaban J connectivity index is 1.44. The van der Waals surface area contributed by atoms with E-state index < -0.39 is 0 Å². The van der Waals surface area contributed by atoms with Crippen LogP contribution in [0.2, 0.25) is 0 Å². The number of hydrogen-bond donors (Lipinski definition) is 3. The summed E-state index contributed by atoms with van der Waals surface area (Å²) in [6, 6.07) is 7.76. The Morgan fingerprint density at radius 1 is 1.19 bits per heavy atom. The van der Waals surface area contributed by atoms with Crippen molar-refractivity contribution >= 4 is 22.8 Å². The van der Waals surface area contributed by atoms with Gasteiger partial charge in [-0.1, -0.05) is 17.9 Å². The van der Waals surface area contributed by atoms with Crippen LogP contribution in [-0.4, -0.2) is 39.6 Å². The molecule has 3 aromatic rings. The minimum absolute atomic E-state index is 0.0395. The summed E-state index contributed by atoms with van der Waals surface area (Å²) in [5.74, 6) is 7.45. The van der Waals surface area contributed by atoms with E-state index in [2.05, 4.69) is 37.0 Å². The third-order valence-electron chi connectivity index (χ3n) is 5.98. The molecular formula is C24H26N6O. The first-order chi connectivity index (χ1) is 15.2. The molecule has 4 N–H and O–H groups in total. The number of anilines is 1. The smallest absolute Gasteiger partial charge is 0.251 e. The fraction of sp³-hybridized carbons (Fsp3) is 0.375. The zero-order valence-electron chi connectivity index (χ0n) is 17.4. The van der Waals surface area contributed by atoms with Crippen LogP contribution in [0.15, 0.2) is 36.8 Å². The number of carbonyl (C=O) groups is 1. The summed E-state index contributed by atoms with van der Waals surface area (Å²) < 4.78 is 2.16. The molecule has 2 aromatic heterocycles. The Morgan fingerprint density at radius 2 is 2.03 bits per heavy atom. The van der Waals surface area contributed by atoms with Gasteiger partial charge in [-0.25, -0.2) is 9.97 Å². The fourth-order valence-electron chi connectivity index (χ4n) is 4.10. The molecule has 0 bridgehead atoms. The number of aromatic nitrogens is 3. The number of fused-ring (bicyclic) bond motifs is 1. The molecule has 1 saturated carbocycles. The van der Waals surface area contributed by atoms with Crippen molar-refractivity contribution in [3.05, 3.63) is 53.5 Å². The molecular weight excluding hydrogens is 388 g/mol. The Morgan fingerprint density at radius 3 is 2.84 bits per heavy atom. The van der Waals surface area contributed by atoms with Crippen molar-refractivity contribution in [1.82, 2.24) is 25.2 Å². The first-order valence-corrected chi connectivity index (χ1v) is 10.9. The number of nitrogen functional groups attached to an aromatic ring is 1. The van der Waals surface area contributed by atoms with E-state index in [9.17, 15) is 4.79 Å². The van der Waals surface area contributed by atoms with E-state index in [1.807, 2.05) is 30.5 Å². The molecule has 5 rings (SSSR count). The van der Waals surface area contributed by atoms with Crippen LogP contribution in [0, 0.1) is 17.8 Å². The molecule has 0 spiro atoms. The van der Waals surface area contributed by atoms with E-state index in [0.29, 0.717) is 23.3 Å². The molecule has 0 unspecified atom stereocenters. The van der Waals surface area contributed by atoms with Crippen LogP contribution in [-0.2, 0) is 6.54 Å². The lowest BCUT2D eigenvalue weighted by molar-refractivity contribution is 0.0951. The van der Waals surface area contributed by atoms with Crippen LogP contribution < -0.4 is 16.4 Å². The predicted octanol–water partition coefficient (Wildman–Crippen LogP) is 2.31.